The van der Waals surface area contributed by atoms with Crippen LogP contribution in [0.25, 0.3) is 0 Å². The third-order valence-electron chi connectivity index (χ3n) is 17.3. The van der Waals surface area contributed by atoms with Crippen LogP contribution in [0.15, 0.2) is 60.7 Å². The van der Waals surface area contributed by atoms with Crippen molar-refractivity contribution in [1.29, 1.82) is 0 Å². The number of alkyl halides is 20. The molecule has 0 aliphatic heterocycles. The Morgan fingerprint density at radius 2 is 0.698 bits per heavy atom. The molecule has 4 aromatic rings. The molecule has 0 atom stereocenters. The van der Waals surface area contributed by atoms with Crippen molar-refractivity contribution >= 4 is 132 Å². The van der Waals surface area contributed by atoms with Gasteiger partial charge in [0.15, 0.2) is 65.0 Å². The quantitative estimate of drug-likeness (QED) is 0.0148. The minimum absolute atomic E-state index is 0. The molecule has 660 valence electrons. The summed E-state index contributed by atoms with van der Waals surface area (Å²) in [6.45, 7) is 30.5. The van der Waals surface area contributed by atoms with Gasteiger partial charge in [0.25, 0.3) is 16.6 Å². The largest absolute Gasteiger partial charge is 1.00 e. The Bertz CT molecular complexity index is 3590. The normalized spacial score (nSPS) is 16.0. The maximum absolute atomic E-state index is 12.6. The number of ether oxygens (including phenoxy) is 6. The molecule has 4 aromatic carbocycles. The van der Waals surface area contributed by atoms with Gasteiger partial charge in [-0.25, -0.2) is 30.1 Å². The molecule has 0 aromatic heterocycles. The van der Waals surface area contributed by atoms with E-state index in [0.717, 1.165) is 72.6 Å². The second kappa shape index (κ2) is 50.1. The molecule has 14 nitrogen and oxygen atoms in total. The zero-order chi connectivity index (χ0) is 90.5. The standard InChI is InChI=1S/C18H22F6O2.C16H24O2.C14H20O2.C8H16Cl2.C8H10O2.C6H2F12O3S.CH2O3.Al.BBr3.3ClH.2Cs.H/c1-15(2)5-6-16(3,4)12-8-14(26-10-18(22,23)24)13(7-11(12)15)25-9-17(19,20)21;1-15(2)7-8-16(3,4)12-10-14(18-6)13(17-5)9-11(12)15;1-13(2)5-6-14(3,4)10-8-12(16)11(15)7-9(10)13;1-7(2,9)5-6-8(3,4)10;1-9-7-5-3-4-6-8(7)10-2;7-2(8,9)1-22(19,20)21-6(17,18)4(12,13)3(10,11)5(14,15)16;2-1-4-3;;2-1(3)4;;;;;;/h7-8H,5-6,9-10H2,1-4H3;9-10H,7-8H2,1-6H3;7-8,15-16H,5-6H2,1-4H3;5-6H2,1-4H3;3-6H,1-2H3;1H2;1,3H;;;3*1H;;;/q;;;;;;;+3;;;;;2*+1;-1/p-4. The number of fused-ring (bicyclic) bond motifs is 3. The molecule has 0 radical (unpaired) electrons. The number of phenolic OH excluding ortho intramolecular Hbond substituents is 2. The van der Waals surface area contributed by atoms with Crippen LogP contribution in [0.3, 0.4) is 0 Å². The molecule has 7 rings (SSSR count). The topological polar surface area (TPSA) is 189 Å². The van der Waals surface area contributed by atoms with Crippen molar-refractivity contribution in [2.24, 2.45) is 0 Å². The zero-order valence-corrected chi connectivity index (χ0v) is 90.9. The molecule has 2 N–H and O–H groups in total. The molecule has 0 saturated carbocycles. The number of benzene rings is 4. The monoisotopic (exact) mass is 2260 g/mol. The van der Waals surface area contributed by atoms with Crippen LogP contribution < -0.4 is 171 Å². The van der Waals surface area contributed by atoms with Crippen LogP contribution in [0.2, 0.25) is 0 Å². The van der Waals surface area contributed by atoms with Crippen molar-refractivity contribution in [2.75, 3.05) is 47.4 Å². The van der Waals surface area contributed by atoms with Crippen LogP contribution in [0.4, 0.5) is 79.0 Å². The Hall–Kier alpha value is 0.951. The number of aromatic hydroxyl groups is 2. The van der Waals surface area contributed by atoms with E-state index < -0.39 is 83.1 Å². The molecule has 3 aliphatic rings. The summed E-state index contributed by atoms with van der Waals surface area (Å²) < 4.78 is 273. The minimum atomic E-state index is -7.50. The first-order valence-corrected chi connectivity index (χ1v) is 43.9. The summed E-state index contributed by atoms with van der Waals surface area (Å²) in [5.74, 6) is -15.8. The summed E-state index contributed by atoms with van der Waals surface area (Å²) in [6, 6.07) is 18.1. The van der Waals surface area contributed by atoms with Gasteiger partial charge in [-0.05, 0) is 193 Å². The number of phenols is 2. The van der Waals surface area contributed by atoms with Gasteiger partial charge in [-0.15, -0.1) is 70.5 Å². The average Bonchev–Trinajstić information content (AvgIpc) is 0.758. The first kappa shape index (κ1) is 123. The van der Waals surface area contributed by atoms with E-state index in [1.807, 2.05) is 83.8 Å². The van der Waals surface area contributed by atoms with Crippen molar-refractivity contribution in [2.45, 2.75) is 247 Å². The average molecular weight is 2270 g/mol. The molecule has 0 heterocycles. The number of hydrogen-bond acceptors (Lipinski definition) is 14. The van der Waals surface area contributed by atoms with Gasteiger partial charge in [0.05, 0.1) is 28.4 Å². The summed E-state index contributed by atoms with van der Waals surface area (Å²) in [6.07, 6.45) is -21.2. The van der Waals surface area contributed by atoms with E-state index in [1.165, 1.54) is 47.2 Å². The first-order valence-electron chi connectivity index (χ1n) is 33.5. The Morgan fingerprint density at radius 3 is 0.888 bits per heavy atom. The molecule has 0 spiro atoms. The first-order chi connectivity index (χ1) is 50.8. The van der Waals surface area contributed by atoms with Gasteiger partial charge in [-0.1, -0.05) is 95.2 Å². The Balaban J connectivity index is -0.000000424. The zero-order valence-electron chi connectivity index (χ0n) is 68.8. The molecule has 0 unspecified atom stereocenters. The molecular weight excluding hydrogens is 2170 g/mol. The summed E-state index contributed by atoms with van der Waals surface area (Å²) in [5, 5.41) is 27.7. The van der Waals surface area contributed by atoms with Crippen molar-refractivity contribution in [1.82, 2.24) is 0 Å². The van der Waals surface area contributed by atoms with E-state index in [1.54, 1.807) is 40.6 Å². The van der Waals surface area contributed by atoms with Crippen LogP contribution in [0, 0.1) is 0 Å². The third-order valence-corrected chi connectivity index (χ3v) is 18.9. The van der Waals surface area contributed by atoms with Crippen LogP contribution in [-0.4, -0.2) is 139 Å². The number of carbonyl (C=O) groups is 1. The number of para-hydroxylation sites is 2. The maximum atomic E-state index is 12.6. The van der Waals surface area contributed by atoms with E-state index in [4.69, 9.17) is 91.8 Å². The number of hydrogen-bond donors (Lipinski definition) is 2. The number of halogens is 26. The smallest absolute Gasteiger partial charge is 1.00 e. The second-order valence-electron chi connectivity index (χ2n) is 30.6. The van der Waals surface area contributed by atoms with Gasteiger partial charge in [0, 0.05) is 9.75 Å². The third kappa shape index (κ3) is 44.1. The van der Waals surface area contributed by atoms with Gasteiger partial charge in [-0.2, -0.15) is 91.6 Å². The minimum Gasteiger partial charge on any atom is -1.00 e. The van der Waals surface area contributed by atoms with Crippen LogP contribution >= 0.6 is 101 Å². The summed E-state index contributed by atoms with van der Waals surface area (Å²) in [5.41, 5.74) is 6.59. The molecule has 0 bridgehead atoms. The Morgan fingerprint density at radius 1 is 0.474 bits per heavy atom. The maximum Gasteiger partial charge on any atom is 1.00 e. The van der Waals surface area contributed by atoms with Crippen molar-refractivity contribution in [3.63, 3.8) is 0 Å². The number of carbonyl (C=O) groups excluding carboxylic acids is 1. The molecular formula is C71H96AlBBr3Cl5Cs2F18O14S. The van der Waals surface area contributed by atoms with E-state index >= 15 is 0 Å². The van der Waals surface area contributed by atoms with E-state index in [0.29, 0.717) is 0 Å². The van der Waals surface area contributed by atoms with Crippen LogP contribution in [-0.2, 0) is 56.5 Å². The fourth-order valence-electron chi connectivity index (χ4n) is 10.8. The summed E-state index contributed by atoms with van der Waals surface area (Å²) in [4.78, 5) is 11.0. The fourth-order valence-corrected chi connectivity index (χ4v) is 11.9. The predicted molar refractivity (Wildman–Crippen MR) is 419 cm³/mol. The van der Waals surface area contributed by atoms with Gasteiger partial charge in [-0.3, -0.25) is 4.79 Å². The second-order valence-corrected chi connectivity index (χ2v) is 47.1. The Labute approximate surface area is 838 Å². The molecule has 0 saturated heterocycles. The molecule has 0 fully saturated rings. The summed E-state index contributed by atoms with van der Waals surface area (Å²) in [7, 11) is 14.8. The van der Waals surface area contributed by atoms with Crippen molar-refractivity contribution in [3.8, 4) is 46.0 Å². The molecule has 3 aliphatic carbocycles. The SMILES string of the molecule is BrB(Br)Br.CC(C)(Cl)CCC(C)(C)Cl.CC1(C)CCC(C)(C)c2cc(O)c(O)cc21.CC1(C)CCC(C)(C)c2cc(OCC(F)(F)F)c(OCC(F)(F)F)cc21.COc1cc2c(cc1OC)C(C)(C)CCC2(C)C.COc1ccccc1OC.O=CO[O-].O=S(=O)(CC(F)(F)F)OC(F)(F)C(F)(F)C(F)(F)C(F)(F)F.[Cl][Al]([Cl])[Cl].[Cs+].[Cs+].[H-]. The molecule has 0 amide bonds. The summed E-state index contributed by atoms with van der Waals surface area (Å²) >= 11 is 19.6. The Kier molecular flexibility index (Phi) is 53.2. The number of methoxy groups -OCH3 is 4. The van der Waals surface area contributed by atoms with Crippen molar-refractivity contribution in [3.05, 3.63) is 94.0 Å². The van der Waals surface area contributed by atoms with Gasteiger partial charge >= 0.3 is 195 Å². The van der Waals surface area contributed by atoms with Crippen LogP contribution in [0.1, 0.15) is 197 Å². The van der Waals surface area contributed by atoms with Crippen molar-refractivity contribution < 1.29 is 284 Å². The van der Waals surface area contributed by atoms with Gasteiger partial charge in [0.2, 0.25) is 0 Å². The van der Waals surface area contributed by atoms with E-state index in [2.05, 4.69) is 120 Å². The fraction of sp³-hybridized carbons (Fsp3) is 0.648. The van der Waals surface area contributed by atoms with E-state index in [9.17, 15) is 97.7 Å². The molecule has 116 heavy (non-hydrogen) atoms. The number of rotatable bonds is 17. The van der Waals surface area contributed by atoms with E-state index in [-0.39, 0.29) is 214 Å². The van der Waals surface area contributed by atoms with Gasteiger partial charge in [0.1, 0.15) is 0 Å². The van der Waals surface area contributed by atoms with Crippen LogP contribution in [0.5, 0.6) is 46.0 Å². The molecule has 45 heteroatoms. The predicted octanol–water partition coefficient (Wildman–Crippen LogP) is 18.6. The van der Waals surface area contributed by atoms with Gasteiger partial charge < -0.3 is 50.2 Å².